The number of ether oxygens (including phenoxy) is 5. The molecule has 3 atom stereocenters. The predicted octanol–water partition coefficient (Wildman–Crippen LogP) is 8.89. The number of aliphatic hydroxyl groups excluding tert-OH is 1. The van der Waals surface area contributed by atoms with Crippen molar-refractivity contribution in [3.05, 3.63) is 17.7 Å². The average molecular weight is 723 g/mol. The lowest BCUT2D eigenvalue weighted by Crippen LogP contribution is -2.47. The molecule has 1 N–H and O–H groups in total. The van der Waals surface area contributed by atoms with Crippen molar-refractivity contribution in [2.45, 2.75) is 126 Å². The van der Waals surface area contributed by atoms with Crippen LogP contribution in [0.4, 0.5) is 0 Å². The van der Waals surface area contributed by atoms with E-state index in [1.807, 2.05) is 19.9 Å². The standard InChI is InChI=1S/C40H72N2O7.C2H6/c1-7-12-16-34(10-4)31-48-38-29-36(28-37(47-30-33(6)9-3)39(38)49-32-35(11-5)17-13-8-2)40(44)46-25-15-14-18-41-19-21-42(22-20-41)23-26-45-27-24-43;1-2/h28-29,33-35,43H,7-27,30-32H2,1-6H3;1-2H3. The average Bonchev–Trinajstić information content (AvgIpc) is 3.17. The zero-order chi connectivity index (χ0) is 37.7. The molecular formula is C42H78N2O7. The van der Waals surface area contributed by atoms with Crippen LogP contribution in [-0.4, -0.2) is 106 Å². The fraction of sp³-hybridized carbons (Fsp3) is 0.833. The summed E-state index contributed by atoms with van der Waals surface area (Å²) in [5, 5.41) is 8.86. The van der Waals surface area contributed by atoms with Gasteiger partial charge < -0.3 is 33.7 Å². The van der Waals surface area contributed by atoms with Crippen LogP contribution in [-0.2, 0) is 9.47 Å². The molecule has 0 spiro atoms. The minimum atomic E-state index is -0.353. The van der Waals surface area contributed by atoms with Crippen LogP contribution in [0.2, 0.25) is 0 Å². The number of aliphatic hydroxyl groups is 1. The van der Waals surface area contributed by atoms with Crippen LogP contribution in [0.5, 0.6) is 17.2 Å². The highest BCUT2D eigenvalue weighted by Gasteiger charge is 2.23. The largest absolute Gasteiger partial charge is 0.489 e. The van der Waals surface area contributed by atoms with Gasteiger partial charge in [-0.15, -0.1) is 0 Å². The first kappa shape index (κ1) is 47.0. The van der Waals surface area contributed by atoms with E-state index in [0.29, 0.717) is 80.2 Å². The zero-order valence-electron chi connectivity index (χ0n) is 34.1. The SMILES string of the molecule is CC.CCCCC(CC)COc1cc(C(=O)OCCCCN2CCN(CCOCCO)CC2)cc(OCC(C)CC)c1OCC(CC)CCCC. The van der Waals surface area contributed by atoms with Gasteiger partial charge in [0.1, 0.15) is 0 Å². The number of carbonyl (C=O) groups excluding carboxylic acids is 1. The van der Waals surface area contributed by atoms with Crippen molar-refractivity contribution in [1.29, 1.82) is 0 Å². The van der Waals surface area contributed by atoms with Crippen LogP contribution in [0.1, 0.15) is 136 Å². The van der Waals surface area contributed by atoms with Crippen molar-refractivity contribution in [1.82, 2.24) is 9.80 Å². The van der Waals surface area contributed by atoms with Crippen LogP contribution in [0, 0.1) is 17.8 Å². The monoisotopic (exact) mass is 723 g/mol. The molecule has 1 aromatic rings. The van der Waals surface area contributed by atoms with Gasteiger partial charge in [0.25, 0.3) is 0 Å². The first-order valence-corrected chi connectivity index (χ1v) is 20.7. The first-order valence-electron chi connectivity index (χ1n) is 20.7. The molecule has 1 heterocycles. The summed E-state index contributed by atoms with van der Waals surface area (Å²) in [6.45, 7) is 26.5. The van der Waals surface area contributed by atoms with Gasteiger partial charge >= 0.3 is 5.97 Å². The summed E-state index contributed by atoms with van der Waals surface area (Å²) in [5.41, 5.74) is 0.445. The van der Waals surface area contributed by atoms with Gasteiger partial charge in [-0.25, -0.2) is 4.79 Å². The van der Waals surface area contributed by atoms with E-state index in [1.54, 1.807) is 6.07 Å². The zero-order valence-corrected chi connectivity index (χ0v) is 34.1. The summed E-state index contributed by atoms with van der Waals surface area (Å²) >= 11 is 0. The Hall–Kier alpha value is -2.07. The summed E-state index contributed by atoms with van der Waals surface area (Å²) in [6, 6.07) is 3.60. The van der Waals surface area contributed by atoms with Gasteiger partial charge in [0, 0.05) is 32.7 Å². The van der Waals surface area contributed by atoms with E-state index >= 15 is 0 Å². The summed E-state index contributed by atoms with van der Waals surface area (Å²) < 4.78 is 30.6. The smallest absolute Gasteiger partial charge is 0.338 e. The number of hydrogen-bond donors (Lipinski definition) is 1. The molecule has 1 aliphatic rings. The Balaban J connectivity index is 0.00000638. The second-order valence-electron chi connectivity index (χ2n) is 13.9. The molecule has 0 aliphatic carbocycles. The van der Waals surface area contributed by atoms with Gasteiger partial charge in [-0.3, -0.25) is 4.90 Å². The number of hydrogen-bond acceptors (Lipinski definition) is 9. The van der Waals surface area contributed by atoms with E-state index in [0.717, 1.165) is 90.6 Å². The quantitative estimate of drug-likeness (QED) is 0.0643. The highest BCUT2D eigenvalue weighted by molar-refractivity contribution is 5.91. The van der Waals surface area contributed by atoms with Crippen molar-refractivity contribution < 1.29 is 33.6 Å². The number of nitrogens with zero attached hydrogens (tertiary/aromatic N) is 2. The van der Waals surface area contributed by atoms with Crippen LogP contribution < -0.4 is 14.2 Å². The molecule has 2 rings (SSSR count). The molecule has 0 bridgehead atoms. The lowest BCUT2D eigenvalue weighted by molar-refractivity contribution is 0.0480. The number of rotatable bonds is 29. The second kappa shape index (κ2) is 30.4. The Kier molecular flexibility index (Phi) is 28.0. The van der Waals surface area contributed by atoms with Crippen LogP contribution in [0.15, 0.2) is 12.1 Å². The third kappa shape index (κ3) is 20.1. The minimum absolute atomic E-state index is 0.0744. The van der Waals surface area contributed by atoms with E-state index in [1.165, 1.54) is 19.3 Å². The Morgan fingerprint density at radius 2 is 1.25 bits per heavy atom. The van der Waals surface area contributed by atoms with E-state index < -0.39 is 0 Å². The third-order valence-corrected chi connectivity index (χ3v) is 9.86. The molecular weight excluding hydrogens is 644 g/mol. The van der Waals surface area contributed by atoms with Gasteiger partial charge in [-0.2, -0.15) is 0 Å². The number of carbonyl (C=O) groups is 1. The lowest BCUT2D eigenvalue weighted by atomic mass is 10.0. The van der Waals surface area contributed by atoms with Crippen molar-refractivity contribution in [2.24, 2.45) is 17.8 Å². The van der Waals surface area contributed by atoms with E-state index in [2.05, 4.69) is 51.3 Å². The highest BCUT2D eigenvalue weighted by atomic mass is 16.5. The normalized spacial score (nSPS) is 15.4. The third-order valence-electron chi connectivity index (χ3n) is 9.86. The Morgan fingerprint density at radius 1 is 0.706 bits per heavy atom. The predicted molar refractivity (Wildman–Crippen MR) is 211 cm³/mol. The molecule has 298 valence electrons. The minimum Gasteiger partial charge on any atom is -0.489 e. The highest BCUT2D eigenvalue weighted by Crippen LogP contribution is 2.40. The summed E-state index contributed by atoms with van der Waals surface area (Å²) in [6.07, 6.45) is 11.8. The first-order chi connectivity index (χ1) is 24.9. The molecule has 51 heavy (non-hydrogen) atoms. The van der Waals surface area contributed by atoms with Crippen LogP contribution in [0.3, 0.4) is 0 Å². The molecule has 3 unspecified atom stereocenters. The van der Waals surface area contributed by atoms with E-state index in [9.17, 15) is 4.79 Å². The number of piperazine rings is 1. The maximum atomic E-state index is 13.4. The topological polar surface area (TPSA) is 89.9 Å². The Morgan fingerprint density at radius 3 is 1.78 bits per heavy atom. The molecule has 1 fully saturated rings. The summed E-state index contributed by atoms with van der Waals surface area (Å²) in [7, 11) is 0. The van der Waals surface area contributed by atoms with Crippen LogP contribution >= 0.6 is 0 Å². The molecule has 9 nitrogen and oxygen atoms in total. The Bertz CT molecular complexity index is 986. The van der Waals surface area contributed by atoms with Crippen molar-refractivity contribution in [3.8, 4) is 17.2 Å². The van der Waals surface area contributed by atoms with Gasteiger partial charge in [-0.1, -0.05) is 100 Å². The molecule has 9 heteroatoms. The lowest BCUT2D eigenvalue weighted by Gasteiger charge is -2.34. The maximum absolute atomic E-state index is 13.4. The van der Waals surface area contributed by atoms with Gasteiger partial charge in [0.15, 0.2) is 11.5 Å². The summed E-state index contributed by atoms with van der Waals surface area (Å²) in [5.74, 6) is 2.66. The maximum Gasteiger partial charge on any atom is 0.338 e. The van der Waals surface area contributed by atoms with Gasteiger partial charge in [-0.05, 0) is 62.1 Å². The van der Waals surface area contributed by atoms with Crippen LogP contribution in [0.25, 0.3) is 0 Å². The van der Waals surface area contributed by atoms with Crippen molar-refractivity contribution >= 4 is 5.97 Å². The molecule has 1 saturated heterocycles. The summed E-state index contributed by atoms with van der Waals surface area (Å²) in [4.78, 5) is 18.3. The van der Waals surface area contributed by atoms with E-state index in [-0.39, 0.29) is 12.6 Å². The molecule has 0 aromatic heterocycles. The fourth-order valence-electron chi connectivity index (χ4n) is 5.89. The van der Waals surface area contributed by atoms with Gasteiger partial charge in [0.05, 0.1) is 51.8 Å². The Labute approximate surface area is 313 Å². The van der Waals surface area contributed by atoms with Crippen molar-refractivity contribution in [2.75, 3.05) is 85.5 Å². The number of benzene rings is 1. The molecule has 1 aliphatic heterocycles. The molecule has 1 aromatic carbocycles. The van der Waals surface area contributed by atoms with E-state index in [4.69, 9.17) is 28.8 Å². The van der Waals surface area contributed by atoms with Crippen molar-refractivity contribution in [3.63, 3.8) is 0 Å². The number of esters is 1. The second-order valence-corrected chi connectivity index (χ2v) is 13.9. The fourth-order valence-corrected chi connectivity index (χ4v) is 5.89. The number of unbranched alkanes of at least 4 members (excludes halogenated alkanes) is 3. The molecule has 0 saturated carbocycles. The molecule has 0 radical (unpaired) electrons. The van der Waals surface area contributed by atoms with Gasteiger partial charge in [0.2, 0.25) is 5.75 Å². The molecule has 0 amide bonds.